The van der Waals surface area contributed by atoms with Gasteiger partial charge in [0.15, 0.2) is 6.61 Å². The van der Waals surface area contributed by atoms with E-state index in [4.69, 9.17) is 14.2 Å². The van der Waals surface area contributed by atoms with Gasteiger partial charge in [-0.25, -0.2) is 4.79 Å². The van der Waals surface area contributed by atoms with E-state index in [9.17, 15) is 14.4 Å². The second-order valence-corrected chi connectivity index (χ2v) is 6.27. The first kappa shape index (κ1) is 21.2. The fourth-order valence-corrected chi connectivity index (χ4v) is 2.83. The molecular weight excluding hydrogens is 432 g/mol. The van der Waals surface area contributed by atoms with Crippen molar-refractivity contribution in [3.05, 3.63) is 52.0 Å². The molecule has 8 nitrogen and oxygen atoms in total. The molecule has 2 amide bonds. The Hall–Kier alpha value is -3.07. The predicted octanol–water partition coefficient (Wildman–Crippen LogP) is 2.62. The molecule has 2 aromatic carbocycles. The van der Waals surface area contributed by atoms with Crippen LogP contribution in [-0.4, -0.2) is 45.7 Å². The summed E-state index contributed by atoms with van der Waals surface area (Å²) >= 11 is 3.31. The Morgan fingerprint density at radius 2 is 1.64 bits per heavy atom. The lowest BCUT2D eigenvalue weighted by molar-refractivity contribution is -0.119. The minimum absolute atomic E-state index is 0.173. The van der Waals surface area contributed by atoms with Crippen LogP contribution < -0.4 is 20.1 Å². The number of amides is 2. The maximum Gasteiger partial charge on any atom is 0.338 e. The molecule has 0 aliphatic carbocycles. The zero-order chi connectivity index (χ0) is 20.7. The zero-order valence-corrected chi connectivity index (χ0v) is 17.1. The Morgan fingerprint density at radius 3 is 2.21 bits per heavy atom. The lowest BCUT2D eigenvalue weighted by Gasteiger charge is -2.11. The lowest BCUT2D eigenvalue weighted by Crippen LogP contribution is -2.22. The van der Waals surface area contributed by atoms with Gasteiger partial charge < -0.3 is 24.8 Å². The standard InChI is InChI=1S/C19H19BrN2O6/c1-21-18(24)11-5-4-6-13(7-11)22-16(23)10-28-19(25)12-8-14(26-2)17(20)15(9-12)27-3/h4-9H,10H2,1-3H3,(H,21,24)(H,22,23). The number of halogens is 1. The third-order valence-electron chi connectivity index (χ3n) is 3.65. The first-order valence-corrected chi connectivity index (χ1v) is 8.89. The monoisotopic (exact) mass is 450 g/mol. The molecule has 0 unspecified atom stereocenters. The Kier molecular flexibility index (Phi) is 7.39. The van der Waals surface area contributed by atoms with Crippen LogP contribution in [0.1, 0.15) is 20.7 Å². The van der Waals surface area contributed by atoms with E-state index < -0.39 is 18.5 Å². The maximum atomic E-state index is 12.2. The van der Waals surface area contributed by atoms with E-state index in [-0.39, 0.29) is 11.5 Å². The maximum absolute atomic E-state index is 12.2. The average Bonchev–Trinajstić information content (AvgIpc) is 2.71. The minimum Gasteiger partial charge on any atom is -0.495 e. The Balaban J connectivity index is 2.01. The molecule has 9 heteroatoms. The Labute approximate surface area is 170 Å². The molecular formula is C19H19BrN2O6. The van der Waals surface area contributed by atoms with Gasteiger partial charge >= 0.3 is 5.97 Å². The van der Waals surface area contributed by atoms with Crippen LogP contribution >= 0.6 is 15.9 Å². The lowest BCUT2D eigenvalue weighted by atomic mass is 10.2. The highest BCUT2D eigenvalue weighted by Crippen LogP contribution is 2.35. The molecule has 0 bridgehead atoms. The van der Waals surface area contributed by atoms with Gasteiger partial charge in [-0.2, -0.15) is 0 Å². The number of hydrogen-bond acceptors (Lipinski definition) is 6. The highest BCUT2D eigenvalue weighted by atomic mass is 79.9. The predicted molar refractivity (Wildman–Crippen MR) is 106 cm³/mol. The normalized spacial score (nSPS) is 10.0. The van der Waals surface area contributed by atoms with Gasteiger partial charge in [0.2, 0.25) is 0 Å². The van der Waals surface area contributed by atoms with Crippen molar-refractivity contribution in [2.75, 3.05) is 33.2 Å². The van der Waals surface area contributed by atoms with Crippen molar-refractivity contribution in [2.45, 2.75) is 0 Å². The number of carbonyl (C=O) groups is 3. The van der Waals surface area contributed by atoms with E-state index in [2.05, 4.69) is 26.6 Å². The van der Waals surface area contributed by atoms with E-state index >= 15 is 0 Å². The number of benzene rings is 2. The van der Waals surface area contributed by atoms with Gasteiger partial charge in [-0.15, -0.1) is 0 Å². The molecule has 0 saturated heterocycles. The summed E-state index contributed by atoms with van der Waals surface area (Å²) in [6.45, 7) is -0.496. The van der Waals surface area contributed by atoms with Crippen molar-refractivity contribution in [3.63, 3.8) is 0 Å². The number of esters is 1. The van der Waals surface area contributed by atoms with E-state index in [0.717, 1.165) is 0 Å². The largest absolute Gasteiger partial charge is 0.495 e. The topological polar surface area (TPSA) is 103 Å². The smallest absolute Gasteiger partial charge is 0.338 e. The molecule has 2 aromatic rings. The van der Waals surface area contributed by atoms with E-state index in [1.54, 1.807) is 18.2 Å². The fraction of sp³-hybridized carbons (Fsp3) is 0.211. The third-order valence-corrected chi connectivity index (χ3v) is 4.43. The van der Waals surface area contributed by atoms with Crippen LogP contribution in [0.25, 0.3) is 0 Å². The van der Waals surface area contributed by atoms with Crippen LogP contribution in [-0.2, 0) is 9.53 Å². The van der Waals surface area contributed by atoms with Gasteiger partial charge in [-0.1, -0.05) is 6.07 Å². The molecule has 2 rings (SSSR count). The van der Waals surface area contributed by atoms with Crippen LogP contribution in [0.3, 0.4) is 0 Å². The summed E-state index contributed by atoms with van der Waals surface area (Å²) in [4.78, 5) is 35.9. The molecule has 0 atom stereocenters. The molecule has 0 heterocycles. The van der Waals surface area contributed by atoms with Crippen molar-refractivity contribution in [3.8, 4) is 11.5 Å². The summed E-state index contributed by atoms with van der Waals surface area (Å²) in [6, 6.07) is 9.33. The zero-order valence-electron chi connectivity index (χ0n) is 15.5. The van der Waals surface area contributed by atoms with E-state index in [0.29, 0.717) is 27.2 Å². The summed E-state index contributed by atoms with van der Waals surface area (Å²) in [5.74, 6) is -0.749. The third kappa shape index (κ3) is 5.23. The first-order valence-electron chi connectivity index (χ1n) is 8.10. The number of carbonyl (C=O) groups excluding carboxylic acids is 3. The van der Waals surface area contributed by atoms with Crippen molar-refractivity contribution in [2.24, 2.45) is 0 Å². The van der Waals surface area contributed by atoms with Crippen LogP contribution in [0.5, 0.6) is 11.5 Å². The summed E-state index contributed by atoms with van der Waals surface area (Å²) in [5.41, 5.74) is 0.979. The molecule has 0 aliphatic rings. The second-order valence-electron chi connectivity index (χ2n) is 5.48. The van der Waals surface area contributed by atoms with Crippen LogP contribution in [0.4, 0.5) is 5.69 Å². The van der Waals surface area contributed by atoms with Gasteiger partial charge in [0.25, 0.3) is 11.8 Å². The number of nitrogens with one attached hydrogen (secondary N) is 2. The van der Waals surface area contributed by atoms with E-state index in [1.165, 1.54) is 39.5 Å². The van der Waals surface area contributed by atoms with Gasteiger partial charge in [-0.05, 0) is 46.3 Å². The Morgan fingerprint density at radius 1 is 1.00 bits per heavy atom. The van der Waals surface area contributed by atoms with Gasteiger partial charge in [0.05, 0.1) is 19.8 Å². The first-order chi connectivity index (χ1) is 13.4. The average molecular weight is 451 g/mol. The van der Waals surface area contributed by atoms with Crippen molar-refractivity contribution < 1.29 is 28.6 Å². The Bertz CT molecular complexity index is 875. The highest BCUT2D eigenvalue weighted by molar-refractivity contribution is 9.10. The number of hydrogen-bond donors (Lipinski definition) is 2. The molecule has 28 heavy (non-hydrogen) atoms. The molecule has 0 radical (unpaired) electrons. The van der Waals surface area contributed by atoms with Crippen LogP contribution in [0.2, 0.25) is 0 Å². The van der Waals surface area contributed by atoms with Gasteiger partial charge in [0, 0.05) is 18.3 Å². The molecule has 0 fully saturated rings. The fourth-order valence-electron chi connectivity index (χ4n) is 2.28. The second kappa shape index (κ2) is 9.75. The highest BCUT2D eigenvalue weighted by Gasteiger charge is 2.17. The van der Waals surface area contributed by atoms with Gasteiger partial charge in [-0.3, -0.25) is 9.59 Å². The molecule has 0 aromatic heterocycles. The summed E-state index contributed by atoms with van der Waals surface area (Å²) in [5, 5.41) is 5.07. The van der Waals surface area contributed by atoms with Gasteiger partial charge in [0.1, 0.15) is 16.0 Å². The quantitative estimate of drug-likeness (QED) is 0.628. The molecule has 148 valence electrons. The molecule has 0 aliphatic heterocycles. The molecule has 2 N–H and O–H groups in total. The minimum atomic E-state index is -0.710. The molecule has 0 spiro atoms. The summed E-state index contributed by atoms with van der Waals surface area (Å²) < 4.78 is 16.0. The van der Waals surface area contributed by atoms with Crippen LogP contribution in [0, 0.1) is 0 Å². The number of methoxy groups -OCH3 is 2. The van der Waals surface area contributed by atoms with E-state index in [1.807, 2.05) is 0 Å². The van der Waals surface area contributed by atoms with Crippen molar-refractivity contribution in [1.82, 2.24) is 5.32 Å². The van der Waals surface area contributed by atoms with Crippen molar-refractivity contribution in [1.29, 1.82) is 0 Å². The number of rotatable bonds is 7. The number of ether oxygens (including phenoxy) is 3. The molecule has 0 saturated carbocycles. The SMILES string of the molecule is CNC(=O)c1cccc(NC(=O)COC(=O)c2cc(OC)c(Br)c(OC)c2)c1. The summed E-state index contributed by atoms with van der Waals surface area (Å²) in [7, 11) is 4.42. The number of anilines is 1. The van der Waals surface area contributed by atoms with Crippen LogP contribution in [0.15, 0.2) is 40.9 Å². The van der Waals surface area contributed by atoms with Crippen molar-refractivity contribution >= 4 is 39.4 Å². The summed E-state index contributed by atoms with van der Waals surface area (Å²) in [6.07, 6.45) is 0.